The second-order valence-electron chi connectivity index (χ2n) is 7.21. The fourth-order valence-corrected chi connectivity index (χ4v) is 4.75. The van der Waals surface area contributed by atoms with E-state index < -0.39 is 21.7 Å². The van der Waals surface area contributed by atoms with Crippen LogP contribution in [0.25, 0.3) is 0 Å². The first-order valence-electron chi connectivity index (χ1n) is 9.70. The van der Waals surface area contributed by atoms with Crippen LogP contribution in [-0.4, -0.2) is 44.9 Å². The zero-order chi connectivity index (χ0) is 21.7. The van der Waals surface area contributed by atoms with Crippen LogP contribution < -0.4 is 10.1 Å². The van der Waals surface area contributed by atoms with E-state index in [1.807, 2.05) is 31.2 Å². The average molecular weight is 438 g/mol. The maximum atomic E-state index is 13.4. The van der Waals surface area contributed by atoms with Gasteiger partial charge >= 0.3 is 0 Å². The summed E-state index contributed by atoms with van der Waals surface area (Å²) in [5.41, 5.74) is 1.13. The van der Waals surface area contributed by atoms with Gasteiger partial charge in [-0.1, -0.05) is 17.7 Å². The van der Waals surface area contributed by atoms with Crippen LogP contribution in [0.15, 0.2) is 47.4 Å². The zero-order valence-electron chi connectivity index (χ0n) is 16.6. The molecule has 162 valence electrons. The van der Waals surface area contributed by atoms with Crippen LogP contribution in [0.4, 0.5) is 8.78 Å². The lowest BCUT2D eigenvalue weighted by molar-refractivity contribution is -0.126. The first-order valence-corrected chi connectivity index (χ1v) is 11.1. The van der Waals surface area contributed by atoms with Gasteiger partial charge in [-0.05, 0) is 50.1 Å². The number of carbonyl (C=O) groups excluding carboxylic acids is 1. The SMILES string of the molecule is Cc1ccc(OCCNC(=O)C2CCN(S(=O)(=O)c3ccc(F)c(F)c3)CC2)cc1. The van der Waals surface area contributed by atoms with Crippen molar-refractivity contribution in [3.8, 4) is 5.75 Å². The Kier molecular flexibility index (Phi) is 7.04. The molecule has 9 heteroatoms. The zero-order valence-corrected chi connectivity index (χ0v) is 17.4. The van der Waals surface area contributed by atoms with E-state index in [1.165, 1.54) is 4.31 Å². The van der Waals surface area contributed by atoms with Gasteiger partial charge < -0.3 is 10.1 Å². The van der Waals surface area contributed by atoms with E-state index in [0.717, 1.165) is 23.4 Å². The average Bonchev–Trinajstić information content (AvgIpc) is 2.74. The summed E-state index contributed by atoms with van der Waals surface area (Å²) in [4.78, 5) is 12.0. The van der Waals surface area contributed by atoms with Gasteiger partial charge in [0.25, 0.3) is 0 Å². The molecule has 3 rings (SSSR count). The Balaban J connectivity index is 1.45. The van der Waals surface area contributed by atoms with E-state index >= 15 is 0 Å². The fourth-order valence-electron chi connectivity index (χ4n) is 3.27. The molecule has 1 fully saturated rings. The molecule has 1 heterocycles. The number of hydrogen-bond acceptors (Lipinski definition) is 4. The number of hydrogen-bond donors (Lipinski definition) is 1. The summed E-state index contributed by atoms with van der Waals surface area (Å²) < 4.78 is 58.5. The molecule has 1 saturated heterocycles. The number of halogens is 2. The number of carbonyl (C=O) groups is 1. The van der Waals surface area contributed by atoms with Gasteiger partial charge in [-0.3, -0.25) is 4.79 Å². The number of amides is 1. The van der Waals surface area contributed by atoms with E-state index in [-0.39, 0.29) is 29.8 Å². The normalized spacial score (nSPS) is 15.7. The van der Waals surface area contributed by atoms with Crippen molar-refractivity contribution in [1.82, 2.24) is 9.62 Å². The molecule has 2 aromatic rings. The van der Waals surface area contributed by atoms with Crippen LogP contribution in [0.2, 0.25) is 0 Å². The van der Waals surface area contributed by atoms with Gasteiger partial charge in [-0.2, -0.15) is 4.31 Å². The van der Waals surface area contributed by atoms with Crippen LogP contribution in [0.5, 0.6) is 5.75 Å². The summed E-state index contributed by atoms with van der Waals surface area (Å²) in [5, 5.41) is 2.81. The second-order valence-corrected chi connectivity index (χ2v) is 9.14. The minimum atomic E-state index is -3.93. The van der Waals surface area contributed by atoms with Crippen LogP contribution >= 0.6 is 0 Å². The smallest absolute Gasteiger partial charge is 0.243 e. The molecule has 30 heavy (non-hydrogen) atoms. The third-order valence-electron chi connectivity index (χ3n) is 5.04. The Morgan fingerprint density at radius 1 is 1.10 bits per heavy atom. The standard InChI is InChI=1S/C21H24F2N2O4S/c1-15-2-4-17(5-3-15)29-13-10-24-21(26)16-8-11-25(12-9-16)30(27,28)18-6-7-19(22)20(23)14-18/h2-7,14,16H,8-13H2,1H3,(H,24,26). The maximum absolute atomic E-state index is 13.4. The van der Waals surface area contributed by atoms with Crippen molar-refractivity contribution in [3.05, 3.63) is 59.7 Å². The summed E-state index contributed by atoms with van der Waals surface area (Å²) in [7, 11) is -3.93. The third-order valence-corrected chi connectivity index (χ3v) is 6.94. The molecule has 1 aliphatic heterocycles. The molecule has 0 radical (unpaired) electrons. The predicted octanol–water partition coefficient (Wildman–Crippen LogP) is 2.87. The van der Waals surface area contributed by atoms with Gasteiger partial charge in [0.15, 0.2) is 11.6 Å². The van der Waals surface area contributed by atoms with Crippen LogP contribution in [0.3, 0.4) is 0 Å². The minimum Gasteiger partial charge on any atom is -0.492 e. The number of aryl methyl sites for hydroxylation is 1. The first kappa shape index (κ1) is 22.2. The Hall–Kier alpha value is -2.52. The summed E-state index contributed by atoms with van der Waals surface area (Å²) in [6.45, 7) is 2.94. The predicted molar refractivity (Wildman–Crippen MR) is 108 cm³/mol. The Labute approximate surface area is 174 Å². The molecule has 6 nitrogen and oxygen atoms in total. The van der Waals surface area contributed by atoms with Gasteiger partial charge in [0.1, 0.15) is 12.4 Å². The number of nitrogens with one attached hydrogen (secondary N) is 1. The molecule has 0 aliphatic carbocycles. The molecular weight excluding hydrogens is 414 g/mol. The molecule has 1 N–H and O–H groups in total. The highest BCUT2D eigenvalue weighted by atomic mass is 32.2. The van der Waals surface area contributed by atoms with E-state index in [0.29, 0.717) is 32.1 Å². The third kappa shape index (κ3) is 5.34. The first-order chi connectivity index (χ1) is 14.3. The van der Waals surface area contributed by atoms with Crippen molar-refractivity contribution in [2.24, 2.45) is 5.92 Å². The van der Waals surface area contributed by atoms with Gasteiger partial charge in [0, 0.05) is 19.0 Å². The van der Waals surface area contributed by atoms with Gasteiger partial charge in [0.2, 0.25) is 15.9 Å². The molecule has 0 aromatic heterocycles. The summed E-state index contributed by atoms with van der Waals surface area (Å²) in [5.74, 6) is -2.03. The van der Waals surface area contributed by atoms with Crippen LogP contribution in [0.1, 0.15) is 18.4 Å². The summed E-state index contributed by atoms with van der Waals surface area (Å²) >= 11 is 0. The topological polar surface area (TPSA) is 75.7 Å². The quantitative estimate of drug-likeness (QED) is 0.675. The van der Waals surface area contributed by atoms with Gasteiger partial charge in [0.05, 0.1) is 11.4 Å². The van der Waals surface area contributed by atoms with Gasteiger partial charge in [-0.15, -0.1) is 0 Å². The Morgan fingerprint density at radius 2 is 1.77 bits per heavy atom. The maximum Gasteiger partial charge on any atom is 0.243 e. The van der Waals surface area contributed by atoms with E-state index in [2.05, 4.69) is 5.32 Å². The second kappa shape index (κ2) is 9.53. The number of sulfonamides is 1. The number of ether oxygens (including phenoxy) is 1. The molecule has 1 aliphatic rings. The molecule has 0 unspecified atom stereocenters. The van der Waals surface area contributed by atoms with E-state index in [4.69, 9.17) is 4.74 Å². The van der Waals surface area contributed by atoms with E-state index in [1.54, 1.807) is 0 Å². The molecule has 0 saturated carbocycles. The van der Waals surface area contributed by atoms with Crippen molar-refractivity contribution in [1.29, 1.82) is 0 Å². The van der Waals surface area contributed by atoms with Crippen molar-refractivity contribution < 1.29 is 26.7 Å². The number of benzene rings is 2. The molecule has 0 spiro atoms. The lowest BCUT2D eigenvalue weighted by Gasteiger charge is -2.30. The highest BCUT2D eigenvalue weighted by molar-refractivity contribution is 7.89. The molecule has 0 bridgehead atoms. The molecule has 0 atom stereocenters. The lowest BCUT2D eigenvalue weighted by Crippen LogP contribution is -2.43. The number of piperidine rings is 1. The largest absolute Gasteiger partial charge is 0.492 e. The van der Waals surface area contributed by atoms with Gasteiger partial charge in [-0.25, -0.2) is 17.2 Å². The Morgan fingerprint density at radius 3 is 2.40 bits per heavy atom. The van der Waals surface area contributed by atoms with Crippen molar-refractivity contribution in [2.75, 3.05) is 26.2 Å². The highest BCUT2D eigenvalue weighted by Gasteiger charge is 2.32. The number of rotatable bonds is 7. The molecule has 1 amide bonds. The van der Waals surface area contributed by atoms with E-state index in [9.17, 15) is 22.0 Å². The lowest BCUT2D eigenvalue weighted by atomic mass is 9.97. The molecule has 2 aromatic carbocycles. The Bertz CT molecular complexity index is 989. The van der Waals surface area contributed by atoms with Crippen LogP contribution in [-0.2, 0) is 14.8 Å². The summed E-state index contributed by atoms with van der Waals surface area (Å²) in [6.07, 6.45) is 0.709. The highest BCUT2D eigenvalue weighted by Crippen LogP contribution is 2.25. The minimum absolute atomic E-state index is 0.138. The van der Waals surface area contributed by atoms with Crippen molar-refractivity contribution in [2.45, 2.75) is 24.7 Å². The number of nitrogens with zero attached hydrogens (tertiary/aromatic N) is 1. The molecular formula is C21H24F2N2O4S. The van der Waals surface area contributed by atoms with Crippen LogP contribution in [0, 0.1) is 24.5 Å². The van der Waals surface area contributed by atoms with Crippen molar-refractivity contribution in [3.63, 3.8) is 0 Å². The van der Waals surface area contributed by atoms with Crippen molar-refractivity contribution >= 4 is 15.9 Å². The summed E-state index contributed by atoms with van der Waals surface area (Å²) in [6, 6.07) is 10.1. The fraction of sp³-hybridized carbons (Fsp3) is 0.381. The monoisotopic (exact) mass is 438 g/mol.